The van der Waals surface area contributed by atoms with Gasteiger partial charge < -0.3 is 33.9 Å². The molecule has 0 spiro atoms. The summed E-state index contributed by atoms with van der Waals surface area (Å²) in [7, 11) is 4.83. The van der Waals surface area contributed by atoms with Gasteiger partial charge in [-0.1, -0.05) is 18.2 Å². The Hall–Kier alpha value is -3.33. The number of nitrogens with one attached hydrogen (secondary N) is 1. The van der Waals surface area contributed by atoms with E-state index in [0.29, 0.717) is 55.8 Å². The number of rotatable bonds is 7. The van der Waals surface area contributed by atoms with Crippen LogP contribution in [0.5, 0.6) is 28.7 Å². The normalized spacial score (nSPS) is 17.9. The average Bonchev–Trinajstić information content (AvgIpc) is 2.87. The Balaban J connectivity index is 1.26. The standard InChI is InChI=1S/C24H31N3O6/c1-29-21-9-8-17(22(30-2)23(21)31-3)15-26-10-12-27(13-11-26)24(28)25-14-18-16-32-19-6-4-5-7-20(19)33-18/h4-9,18H,10-16H2,1-3H3,(H,25,28)/t18-/m1/s1. The Morgan fingerprint density at radius 2 is 1.70 bits per heavy atom. The molecule has 4 rings (SSSR count). The van der Waals surface area contributed by atoms with Gasteiger partial charge in [0, 0.05) is 38.3 Å². The van der Waals surface area contributed by atoms with E-state index in [1.807, 2.05) is 41.3 Å². The van der Waals surface area contributed by atoms with E-state index in [9.17, 15) is 4.79 Å². The zero-order valence-electron chi connectivity index (χ0n) is 19.3. The van der Waals surface area contributed by atoms with Crippen molar-refractivity contribution in [2.24, 2.45) is 0 Å². The van der Waals surface area contributed by atoms with Gasteiger partial charge in [-0.2, -0.15) is 0 Å². The van der Waals surface area contributed by atoms with Crippen molar-refractivity contribution in [2.75, 3.05) is 60.7 Å². The summed E-state index contributed by atoms with van der Waals surface area (Å²) in [5.74, 6) is 3.35. The number of fused-ring (bicyclic) bond motifs is 1. The first-order valence-corrected chi connectivity index (χ1v) is 11.0. The molecule has 2 aromatic carbocycles. The maximum atomic E-state index is 12.7. The summed E-state index contributed by atoms with van der Waals surface area (Å²) in [6.45, 7) is 4.33. The van der Waals surface area contributed by atoms with Crippen molar-refractivity contribution >= 4 is 6.03 Å². The summed E-state index contributed by atoms with van der Waals surface area (Å²) in [5, 5.41) is 2.98. The van der Waals surface area contributed by atoms with Crippen LogP contribution in [0.1, 0.15) is 5.56 Å². The van der Waals surface area contributed by atoms with Crippen LogP contribution in [0.25, 0.3) is 0 Å². The predicted molar refractivity (Wildman–Crippen MR) is 123 cm³/mol. The minimum absolute atomic E-state index is 0.0826. The van der Waals surface area contributed by atoms with Crippen molar-refractivity contribution in [2.45, 2.75) is 12.6 Å². The molecule has 0 aliphatic carbocycles. The zero-order chi connectivity index (χ0) is 23.2. The van der Waals surface area contributed by atoms with Gasteiger partial charge in [0.2, 0.25) is 5.75 Å². The molecule has 1 saturated heterocycles. The largest absolute Gasteiger partial charge is 0.493 e. The number of hydrogen-bond donors (Lipinski definition) is 1. The molecule has 9 heteroatoms. The molecule has 9 nitrogen and oxygen atoms in total. The topological polar surface area (TPSA) is 81.7 Å². The number of nitrogens with zero attached hydrogens (tertiary/aromatic N) is 2. The smallest absolute Gasteiger partial charge is 0.317 e. The van der Waals surface area contributed by atoms with Crippen molar-refractivity contribution in [1.29, 1.82) is 0 Å². The first-order valence-electron chi connectivity index (χ1n) is 11.0. The van der Waals surface area contributed by atoms with Crippen LogP contribution in [0.3, 0.4) is 0 Å². The van der Waals surface area contributed by atoms with Gasteiger partial charge in [-0.05, 0) is 18.2 Å². The third kappa shape index (κ3) is 5.19. The molecule has 2 heterocycles. The van der Waals surface area contributed by atoms with Crippen molar-refractivity contribution in [3.8, 4) is 28.7 Å². The van der Waals surface area contributed by atoms with Gasteiger partial charge >= 0.3 is 6.03 Å². The summed E-state index contributed by atoms with van der Waals surface area (Å²) in [6, 6.07) is 11.4. The fourth-order valence-corrected chi connectivity index (χ4v) is 4.11. The van der Waals surface area contributed by atoms with E-state index in [0.717, 1.165) is 24.4 Å². The molecule has 33 heavy (non-hydrogen) atoms. The second-order valence-electron chi connectivity index (χ2n) is 7.94. The predicted octanol–water partition coefficient (Wildman–Crippen LogP) is 2.38. The highest BCUT2D eigenvalue weighted by molar-refractivity contribution is 5.74. The van der Waals surface area contributed by atoms with Crippen LogP contribution in [0, 0.1) is 0 Å². The lowest BCUT2D eigenvalue weighted by Gasteiger charge is -2.35. The average molecular weight is 458 g/mol. The Labute approximate surface area is 194 Å². The number of methoxy groups -OCH3 is 3. The highest BCUT2D eigenvalue weighted by Gasteiger charge is 2.25. The molecule has 1 fully saturated rings. The molecular formula is C24H31N3O6. The molecule has 0 radical (unpaired) electrons. The van der Waals surface area contributed by atoms with Crippen molar-refractivity contribution in [1.82, 2.24) is 15.1 Å². The molecule has 1 N–H and O–H groups in total. The number of ether oxygens (including phenoxy) is 5. The van der Waals surface area contributed by atoms with E-state index < -0.39 is 0 Å². The number of carbonyl (C=O) groups excluding carboxylic acids is 1. The Morgan fingerprint density at radius 1 is 0.970 bits per heavy atom. The van der Waals surface area contributed by atoms with E-state index in [-0.39, 0.29) is 12.1 Å². The molecule has 0 saturated carbocycles. The maximum absolute atomic E-state index is 12.7. The van der Waals surface area contributed by atoms with E-state index in [1.54, 1.807) is 21.3 Å². The van der Waals surface area contributed by atoms with Crippen LogP contribution in [0.15, 0.2) is 36.4 Å². The van der Waals surface area contributed by atoms with E-state index in [2.05, 4.69) is 10.2 Å². The maximum Gasteiger partial charge on any atom is 0.317 e. The number of benzene rings is 2. The first kappa shape index (κ1) is 22.8. The molecule has 178 valence electrons. The third-order valence-corrected chi connectivity index (χ3v) is 5.89. The lowest BCUT2D eigenvalue weighted by molar-refractivity contribution is 0.0876. The number of piperazine rings is 1. The highest BCUT2D eigenvalue weighted by atomic mass is 16.6. The summed E-state index contributed by atoms with van der Waals surface area (Å²) in [6.07, 6.45) is -0.206. The molecule has 2 aliphatic rings. The lowest BCUT2D eigenvalue weighted by Crippen LogP contribution is -2.53. The fourth-order valence-electron chi connectivity index (χ4n) is 4.11. The number of urea groups is 1. The summed E-state index contributed by atoms with van der Waals surface area (Å²) in [4.78, 5) is 16.8. The van der Waals surface area contributed by atoms with Crippen molar-refractivity contribution < 1.29 is 28.5 Å². The van der Waals surface area contributed by atoms with Gasteiger partial charge in [-0.15, -0.1) is 0 Å². The van der Waals surface area contributed by atoms with Gasteiger partial charge in [0.05, 0.1) is 27.9 Å². The third-order valence-electron chi connectivity index (χ3n) is 5.89. The van der Waals surface area contributed by atoms with Crippen LogP contribution in [-0.2, 0) is 6.54 Å². The molecule has 0 bridgehead atoms. The zero-order valence-corrected chi connectivity index (χ0v) is 19.3. The monoisotopic (exact) mass is 457 g/mol. The number of amides is 2. The molecule has 2 amide bonds. The lowest BCUT2D eigenvalue weighted by atomic mass is 10.1. The van der Waals surface area contributed by atoms with Gasteiger partial charge in [-0.3, -0.25) is 4.90 Å². The number of carbonyl (C=O) groups is 1. The quantitative estimate of drug-likeness (QED) is 0.684. The number of hydrogen-bond acceptors (Lipinski definition) is 7. The summed E-state index contributed by atoms with van der Waals surface area (Å²) in [5.41, 5.74) is 1.02. The van der Waals surface area contributed by atoms with E-state index >= 15 is 0 Å². The van der Waals surface area contributed by atoms with Crippen LogP contribution in [0.4, 0.5) is 4.79 Å². The molecule has 1 atom stereocenters. The van der Waals surface area contributed by atoms with Crippen LogP contribution >= 0.6 is 0 Å². The molecule has 2 aliphatic heterocycles. The minimum Gasteiger partial charge on any atom is -0.493 e. The van der Waals surface area contributed by atoms with Crippen molar-refractivity contribution in [3.05, 3.63) is 42.0 Å². The van der Waals surface area contributed by atoms with Gasteiger partial charge in [0.1, 0.15) is 6.61 Å². The minimum atomic E-state index is -0.206. The van der Waals surface area contributed by atoms with Gasteiger partial charge in [0.25, 0.3) is 0 Å². The SMILES string of the molecule is COc1ccc(CN2CCN(C(=O)NC[C@@H]3COc4ccccc4O3)CC2)c(OC)c1OC. The fraction of sp³-hybridized carbons (Fsp3) is 0.458. The second kappa shape index (κ2) is 10.5. The van der Waals surface area contributed by atoms with Crippen molar-refractivity contribution in [3.63, 3.8) is 0 Å². The number of para-hydroxylation sites is 2. The highest BCUT2D eigenvalue weighted by Crippen LogP contribution is 2.40. The molecule has 0 unspecified atom stereocenters. The Morgan fingerprint density at radius 3 is 2.39 bits per heavy atom. The second-order valence-corrected chi connectivity index (χ2v) is 7.94. The van der Waals surface area contributed by atoms with Crippen LogP contribution in [-0.4, -0.2) is 82.6 Å². The molecule has 0 aromatic heterocycles. The Bertz CT molecular complexity index is 961. The Kier molecular flexibility index (Phi) is 7.29. The first-order chi connectivity index (χ1) is 16.1. The molecule has 2 aromatic rings. The van der Waals surface area contributed by atoms with E-state index in [4.69, 9.17) is 23.7 Å². The molecular weight excluding hydrogens is 426 g/mol. The summed E-state index contributed by atoms with van der Waals surface area (Å²) >= 11 is 0. The van der Waals surface area contributed by atoms with Crippen LogP contribution < -0.4 is 29.0 Å². The van der Waals surface area contributed by atoms with Gasteiger partial charge in [0.15, 0.2) is 29.1 Å². The van der Waals surface area contributed by atoms with Crippen LogP contribution in [0.2, 0.25) is 0 Å². The van der Waals surface area contributed by atoms with E-state index in [1.165, 1.54) is 0 Å². The summed E-state index contributed by atoms with van der Waals surface area (Å²) < 4.78 is 28.1. The van der Waals surface area contributed by atoms with Gasteiger partial charge in [-0.25, -0.2) is 4.79 Å².